The summed E-state index contributed by atoms with van der Waals surface area (Å²) >= 11 is 1.45. The molecule has 0 radical (unpaired) electrons. The van der Waals surface area contributed by atoms with Crippen LogP contribution in [-0.2, 0) is 24.2 Å². The standard InChI is InChI=1S/C22H24N4OS/c1-16-24-25-22(26(16)14-17-7-3-2-4-8-17)28-15-21(27)23-20-12-11-18-9-5-6-10-19(18)13-20/h2-10,20H,11-15H2,1H3,(H,23,27). The summed E-state index contributed by atoms with van der Waals surface area (Å²) in [5.74, 6) is 1.27. The SMILES string of the molecule is Cc1nnc(SCC(=O)NC2CCc3ccccc3C2)n1Cc1ccccc1. The van der Waals surface area contributed by atoms with Crippen LogP contribution in [-0.4, -0.2) is 32.5 Å². The van der Waals surface area contributed by atoms with E-state index in [2.05, 4.69) is 56.5 Å². The molecule has 0 spiro atoms. The molecule has 6 heteroatoms. The van der Waals surface area contributed by atoms with Gasteiger partial charge in [0.2, 0.25) is 5.91 Å². The largest absolute Gasteiger partial charge is 0.352 e. The van der Waals surface area contributed by atoms with Crippen molar-refractivity contribution in [1.29, 1.82) is 0 Å². The molecule has 1 unspecified atom stereocenters. The molecule has 0 bridgehead atoms. The molecule has 4 rings (SSSR count). The summed E-state index contributed by atoms with van der Waals surface area (Å²) in [5, 5.41) is 12.4. The summed E-state index contributed by atoms with van der Waals surface area (Å²) < 4.78 is 2.06. The average Bonchev–Trinajstić information content (AvgIpc) is 3.06. The molecular formula is C22H24N4OS. The Morgan fingerprint density at radius 2 is 1.86 bits per heavy atom. The number of amides is 1. The van der Waals surface area contributed by atoms with Gasteiger partial charge in [-0.15, -0.1) is 10.2 Å². The van der Waals surface area contributed by atoms with E-state index >= 15 is 0 Å². The van der Waals surface area contributed by atoms with Crippen molar-refractivity contribution in [2.45, 2.75) is 43.9 Å². The van der Waals surface area contributed by atoms with E-state index in [4.69, 9.17) is 0 Å². The number of carbonyl (C=O) groups excluding carboxylic acids is 1. The second-order valence-corrected chi connectivity index (χ2v) is 8.11. The summed E-state index contributed by atoms with van der Waals surface area (Å²) in [7, 11) is 0. The molecule has 144 valence electrons. The highest BCUT2D eigenvalue weighted by atomic mass is 32.2. The molecule has 5 nitrogen and oxygen atoms in total. The molecule has 0 saturated carbocycles. The van der Waals surface area contributed by atoms with E-state index in [9.17, 15) is 4.79 Å². The summed E-state index contributed by atoms with van der Waals surface area (Å²) in [4.78, 5) is 12.5. The Labute approximate surface area is 169 Å². The van der Waals surface area contributed by atoms with Gasteiger partial charge in [-0.05, 0) is 42.9 Å². The maximum absolute atomic E-state index is 12.5. The first-order chi connectivity index (χ1) is 13.7. The average molecular weight is 393 g/mol. The third-order valence-electron chi connectivity index (χ3n) is 5.13. The molecule has 3 aromatic rings. The van der Waals surface area contributed by atoms with Gasteiger partial charge in [0.05, 0.1) is 12.3 Å². The maximum Gasteiger partial charge on any atom is 0.230 e. The maximum atomic E-state index is 12.5. The van der Waals surface area contributed by atoms with Gasteiger partial charge < -0.3 is 9.88 Å². The number of nitrogens with zero attached hydrogens (tertiary/aromatic N) is 3. The third kappa shape index (κ3) is 4.44. The fraction of sp³-hybridized carbons (Fsp3) is 0.318. The molecule has 0 saturated heterocycles. The summed E-state index contributed by atoms with van der Waals surface area (Å²) in [6.07, 6.45) is 2.94. The minimum Gasteiger partial charge on any atom is -0.352 e. The van der Waals surface area contributed by atoms with E-state index in [0.717, 1.165) is 30.2 Å². The molecule has 1 aliphatic rings. The van der Waals surface area contributed by atoms with E-state index in [1.807, 2.05) is 25.1 Å². The van der Waals surface area contributed by atoms with Crippen LogP contribution in [0, 0.1) is 6.92 Å². The van der Waals surface area contributed by atoms with Crippen LogP contribution >= 0.6 is 11.8 Å². The highest BCUT2D eigenvalue weighted by Gasteiger charge is 2.20. The first kappa shape index (κ1) is 18.7. The van der Waals surface area contributed by atoms with Crippen molar-refractivity contribution in [1.82, 2.24) is 20.1 Å². The molecule has 1 amide bonds. The zero-order chi connectivity index (χ0) is 19.3. The lowest BCUT2D eigenvalue weighted by molar-refractivity contribution is -0.119. The molecule has 1 aliphatic carbocycles. The van der Waals surface area contributed by atoms with Crippen molar-refractivity contribution in [2.75, 3.05) is 5.75 Å². The van der Waals surface area contributed by atoms with Gasteiger partial charge in [-0.25, -0.2) is 0 Å². The molecule has 1 aromatic heterocycles. The fourth-order valence-corrected chi connectivity index (χ4v) is 4.43. The Balaban J connectivity index is 1.33. The Morgan fingerprint density at radius 1 is 1.11 bits per heavy atom. The number of carbonyl (C=O) groups is 1. The lowest BCUT2D eigenvalue weighted by Gasteiger charge is -2.25. The Morgan fingerprint density at radius 3 is 2.68 bits per heavy atom. The first-order valence-electron chi connectivity index (χ1n) is 9.61. The topological polar surface area (TPSA) is 59.8 Å². The van der Waals surface area contributed by atoms with Crippen LogP contribution < -0.4 is 5.32 Å². The van der Waals surface area contributed by atoms with Gasteiger partial charge in [0, 0.05) is 6.04 Å². The normalized spacial score (nSPS) is 15.8. The quantitative estimate of drug-likeness (QED) is 0.653. The third-order valence-corrected chi connectivity index (χ3v) is 6.10. The van der Waals surface area contributed by atoms with Crippen molar-refractivity contribution in [2.24, 2.45) is 0 Å². The lowest BCUT2D eigenvalue weighted by Crippen LogP contribution is -2.39. The second kappa shape index (κ2) is 8.61. The molecule has 1 N–H and O–H groups in total. The van der Waals surface area contributed by atoms with Gasteiger partial charge in [0.15, 0.2) is 5.16 Å². The van der Waals surface area contributed by atoms with Crippen LogP contribution in [0.1, 0.15) is 28.9 Å². The minimum atomic E-state index is 0.0568. The number of benzene rings is 2. The summed E-state index contributed by atoms with van der Waals surface area (Å²) in [5.41, 5.74) is 3.95. The number of fused-ring (bicyclic) bond motifs is 1. The second-order valence-electron chi connectivity index (χ2n) is 7.17. The molecule has 0 fully saturated rings. The van der Waals surface area contributed by atoms with E-state index in [1.54, 1.807) is 0 Å². The van der Waals surface area contributed by atoms with Crippen molar-refractivity contribution in [3.63, 3.8) is 0 Å². The predicted octanol–water partition coefficient (Wildman–Crippen LogP) is 3.40. The molecule has 0 aliphatic heterocycles. The van der Waals surface area contributed by atoms with Crippen molar-refractivity contribution in [3.8, 4) is 0 Å². The van der Waals surface area contributed by atoms with Gasteiger partial charge in [0.1, 0.15) is 5.82 Å². The van der Waals surface area contributed by atoms with Crippen LogP contribution in [0.15, 0.2) is 59.8 Å². The molecule has 1 atom stereocenters. The Bertz CT molecular complexity index is 954. The summed E-state index contributed by atoms with van der Waals surface area (Å²) in [6.45, 7) is 2.66. The zero-order valence-corrected chi connectivity index (χ0v) is 16.8. The zero-order valence-electron chi connectivity index (χ0n) is 16.0. The molecular weight excluding hydrogens is 368 g/mol. The first-order valence-corrected chi connectivity index (χ1v) is 10.6. The summed E-state index contributed by atoms with van der Waals surface area (Å²) in [6, 6.07) is 18.9. The number of aryl methyl sites for hydroxylation is 2. The molecule has 28 heavy (non-hydrogen) atoms. The van der Waals surface area contributed by atoms with Gasteiger partial charge in [0.25, 0.3) is 0 Å². The monoisotopic (exact) mass is 392 g/mol. The van der Waals surface area contributed by atoms with Crippen LogP contribution in [0.2, 0.25) is 0 Å². The van der Waals surface area contributed by atoms with Crippen molar-refractivity contribution in [3.05, 3.63) is 77.1 Å². The van der Waals surface area contributed by atoms with E-state index in [1.165, 1.54) is 28.5 Å². The fourth-order valence-electron chi connectivity index (χ4n) is 3.64. The van der Waals surface area contributed by atoms with Gasteiger partial charge in [-0.2, -0.15) is 0 Å². The van der Waals surface area contributed by atoms with Crippen LogP contribution in [0.25, 0.3) is 0 Å². The van der Waals surface area contributed by atoms with Crippen molar-refractivity contribution < 1.29 is 4.79 Å². The lowest BCUT2D eigenvalue weighted by atomic mass is 9.88. The van der Waals surface area contributed by atoms with E-state index in [-0.39, 0.29) is 11.9 Å². The van der Waals surface area contributed by atoms with Crippen molar-refractivity contribution >= 4 is 17.7 Å². The van der Waals surface area contributed by atoms with Gasteiger partial charge >= 0.3 is 0 Å². The van der Waals surface area contributed by atoms with Crippen LogP contribution in [0.4, 0.5) is 0 Å². The number of thioether (sulfide) groups is 1. The smallest absolute Gasteiger partial charge is 0.230 e. The number of nitrogens with one attached hydrogen (secondary N) is 1. The van der Waals surface area contributed by atoms with E-state index in [0.29, 0.717) is 12.3 Å². The molecule has 1 heterocycles. The predicted molar refractivity (Wildman–Crippen MR) is 111 cm³/mol. The highest BCUT2D eigenvalue weighted by molar-refractivity contribution is 7.99. The highest BCUT2D eigenvalue weighted by Crippen LogP contribution is 2.22. The van der Waals surface area contributed by atoms with Crippen LogP contribution in [0.5, 0.6) is 0 Å². The number of rotatable bonds is 6. The van der Waals surface area contributed by atoms with Gasteiger partial charge in [-0.1, -0.05) is 66.4 Å². The van der Waals surface area contributed by atoms with E-state index < -0.39 is 0 Å². The number of hydrogen-bond acceptors (Lipinski definition) is 4. The Kier molecular flexibility index (Phi) is 5.76. The number of aromatic nitrogens is 3. The van der Waals surface area contributed by atoms with Crippen LogP contribution in [0.3, 0.4) is 0 Å². The molecule has 2 aromatic carbocycles. The van der Waals surface area contributed by atoms with Gasteiger partial charge in [-0.3, -0.25) is 4.79 Å². The Hall–Kier alpha value is -2.60. The number of hydrogen-bond donors (Lipinski definition) is 1. The minimum absolute atomic E-state index is 0.0568.